The molecule has 1 saturated heterocycles. The number of benzene rings is 2. The number of rotatable bonds is 15. The molecule has 0 saturated carbocycles. The fourth-order valence-electron chi connectivity index (χ4n) is 5.25. The van der Waals surface area contributed by atoms with Crippen LogP contribution in [0.1, 0.15) is 16.7 Å². The molecular formula is C34H39ClFN7O4S. The fraction of sp³-hybridized carbons (Fsp3) is 0.382. The van der Waals surface area contributed by atoms with Gasteiger partial charge in [-0.25, -0.2) is 14.4 Å². The molecule has 1 aliphatic heterocycles. The number of hydrogen-bond donors (Lipinski definition) is 0. The molecule has 48 heavy (non-hydrogen) atoms. The molecule has 0 bridgehead atoms. The van der Waals surface area contributed by atoms with Crippen LogP contribution in [-0.2, 0) is 33.0 Å². The van der Waals surface area contributed by atoms with Crippen LogP contribution in [0.3, 0.4) is 0 Å². The van der Waals surface area contributed by atoms with Crippen molar-refractivity contribution < 1.29 is 18.7 Å². The van der Waals surface area contributed by atoms with E-state index in [9.17, 15) is 14.0 Å². The molecule has 0 N–H and O–H groups in total. The van der Waals surface area contributed by atoms with Crippen LogP contribution in [-0.4, -0.2) is 97.0 Å². The van der Waals surface area contributed by atoms with Gasteiger partial charge in [0.2, 0.25) is 11.9 Å². The normalized spacial score (nSPS) is 13.2. The molecule has 2 aromatic carbocycles. The highest BCUT2D eigenvalue weighted by Crippen LogP contribution is 2.23. The van der Waals surface area contributed by atoms with Gasteiger partial charge in [-0.2, -0.15) is 4.98 Å². The molecular weight excluding hydrogens is 657 g/mol. The average molecular weight is 696 g/mol. The maximum absolute atomic E-state index is 13.6. The average Bonchev–Trinajstić information content (AvgIpc) is 3.10. The molecule has 1 amide bonds. The Morgan fingerprint density at radius 1 is 0.938 bits per heavy atom. The first-order valence-corrected chi connectivity index (χ1v) is 17.0. The van der Waals surface area contributed by atoms with Crippen molar-refractivity contribution in [1.29, 1.82) is 0 Å². The van der Waals surface area contributed by atoms with Crippen molar-refractivity contribution >= 4 is 40.9 Å². The molecule has 1 fully saturated rings. The van der Waals surface area contributed by atoms with E-state index in [1.165, 1.54) is 23.9 Å². The van der Waals surface area contributed by atoms with Crippen LogP contribution in [0.4, 0.5) is 16.0 Å². The first kappa shape index (κ1) is 35.3. The Morgan fingerprint density at radius 2 is 1.58 bits per heavy atom. The Hall–Kier alpha value is -4.04. The van der Waals surface area contributed by atoms with Crippen molar-refractivity contribution in [3.05, 3.63) is 105 Å². The SMILES string of the molecule is COCCN(CCOC)c1ncc(Cc2cn(CC(=O)N3CCN(c4ccc(Cl)cc4)CC3)c(SCc3ccc(F)cc3)nc2=O)cn1. The van der Waals surface area contributed by atoms with Crippen molar-refractivity contribution in [2.75, 3.05) is 76.5 Å². The van der Waals surface area contributed by atoms with Crippen molar-refractivity contribution in [3.63, 3.8) is 0 Å². The minimum atomic E-state index is -0.386. The highest BCUT2D eigenvalue weighted by Gasteiger charge is 2.23. The van der Waals surface area contributed by atoms with Gasteiger partial charge in [0, 0.05) is 101 Å². The van der Waals surface area contributed by atoms with Crippen LogP contribution in [0, 0.1) is 5.82 Å². The van der Waals surface area contributed by atoms with Gasteiger partial charge in [0.15, 0.2) is 5.16 Å². The van der Waals surface area contributed by atoms with E-state index in [2.05, 4.69) is 19.9 Å². The molecule has 1 aliphatic rings. The number of carbonyl (C=O) groups excluding carboxylic acids is 1. The number of methoxy groups -OCH3 is 2. The third kappa shape index (κ3) is 9.75. The third-order valence-corrected chi connectivity index (χ3v) is 9.25. The predicted molar refractivity (Wildman–Crippen MR) is 186 cm³/mol. The van der Waals surface area contributed by atoms with Crippen LogP contribution >= 0.6 is 23.4 Å². The lowest BCUT2D eigenvalue weighted by atomic mass is 10.1. The smallest absolute Gasteiger partial charge is 0.277 e. The van der Waals surface area contributed by atoms with E-state index < -0.39 is 0 Å². The van der Waals surface area contributed by atoms with Crippen molar-refractivity contribution in [1.82, 2.24) is 24.4 Å². The molecule has 0 aliphatic carbocycles. The summed E-state index contributed by atoms with van der Waals surface area (Å²) >= 11 is 7.38. The number of piperazine rings is 1. The Bertz CT molecular complexity index is 1680. The van der Waals surface area contributed by atoms with Gasteiger partial charge in [-0.15, -0.1) is 0 Å². The molecule has 0 unspecified atom stereocenters. The molecule has 0 radical (unpaired) electrons. The maximum Gasteiger partial charge on any atom is 0.277 e. The largest absolute Gasteiger partial charge is 0.383 e. The Labute approximate surface area is 288 Å². The Kier molecular flexibility index (Phi) is 12.8. The van der Waals surface area contributed by atoms with Gasteiger partial charge in [0.25, 0.3) is 5.56 Å². The Morgan fingerprint density at radius 3 is 2.21 bits per heavy atom. The number of carbonyl (C=O) groups is 1. The van der Waals surface area contributed by atoms with Gasteiger partial charge in [-0.1, -0.05) is 35.5 Å². The lowest BCUT2D eigenvalue weighted by Crippen LogP contribution is -2.49. The summed E-state index contributed by atoms with van der Waals surface area (Å²) < 4.78 is 25.6. The first-order chi connectivity index (χ1) is 23.3. The zero-order valence-corrected chi connectivity index (χ0v) is 28.6. The molecule has 254 valence electrons. The van der Waals surface area contributed by atoms with E-state index in [1.807, 2.05) is 34.1 Å². The van der Waals surface area contributed by atoms with Crippen LogP contribution in [0.2, 0.25) is 5.02 Å². The minimum absolute atomic E-state index is 0.0242. The summed E-state index contributed by atoms with van der Waals surface area (Å²) in [6.07, 6.45) is 5.35. The first-order valence-electron chi connectivity index (χ1n) is 15.6. The second-order valence-electron chi connectivity index (χ2n) is 11.3. The molecule has 11 nitrogen and oxygen atoms in total. The number of ether oxygens (including phenoxy) is 2. The van der Waals surface area contributed by atoms with E-state index in [0.717, 1.165) is 16.8 Å². The predicted octanol–water partition coefficient (Wildman–Crippen LogP) is 4.16. The quantitative estimate of drug-likeness (QED) is 0.133. The Balaban J connectivity index is 1.32. The molecule has 5 rings (SSSR count). The molecule has 14 heteroatoms. The van der Waals surface area contributed by atoms with Gasteiger partial charge >= 0.3 is 0 Å². The molecule has 4 aromatic rings. The second kappa shape index (κ2) is 17.4. The molecule has 0 spiro atoms. The lowest BCUT2D eigenvalue weighted by molar-refractivity contribution is -0.132. The van der Waals surface area contributed by atoms with Crippen LogP contribution < -0.4 is 15.4 Å². The zero-order valence-electron chi connectivity index (χ0n) is 27.1. The minimum Gasteiger partial charge on any atom is -0.383 e. The van der Waals surface area contributed by atoms with E-state index in [1.54, 1.807) is 49.5 Å². The highest BCUT2D eigenvalue weighted by molar-refractivity contribution is 7.98. The van der Waals surface area contributed by atoms with Crippen molar-refractivity contribution in [2.24, 2.45) is 0 Å². The molecule has 3 heterocycles. The topological polar surface area (TPSA) is 106 Å². The molecule has 2 aromatic heterocycles. The summed E-state index contributed by atoms with van der Waals surface area (Å²) in [7, 11) is 3.28. The van der Waals surface area contributed by atoms with E-state index >= 15 is 0 Å². The zero-order chi connectivity index (χ0) is 33.9. The van der Waals surface area contributed by atoms with Crippen LogP contribution in [0.15, 0.2) is 77.1 Å². The fourth-order valence-corrected chi connectivity index (χ4v) is 6.29. The van der Waals surface area contributed by atoms with Gasteiger partial charge in [0.05, 0.1) is 13.2 Å². The number of amides is 1. The van der Waals surface area contributed by atoms with Crippen LogP contribution in [0.5, 0.6) is 0 Å². The summed E-state index contributed by atoms with van der Waals surface area (Å²) in [6, 6.07) is 13.9. The third-order valence-electron chi connectivity index (χ3n) is 7.94. The van der Waals surface area contributed by atoms with Gasteiger partial charge in [-0.05, 0) is 47.5 Å². The number of hydrogen-bond acceptors (Lipinski definition) is 10. The lowest BCUT2D eigenvalue weighted by Gasteiger charge is -2.36. The number of nitrogens with zero attached hydrogens (tertiary/aromatic N) is 7. The van der Waals surface area contributed by atoms with E-state index in [0.29, 0.717) is 79.9 Å². The number of thioether (sulfide) groups is 1. The molecule has 0 atom stereocenters. The van der Waals surface area contributed by atoms with Crippen molar-refractivity contribution in [3.8, 4) is 0 Å². The summed E-state index contributed by atoms with van der Waals surface area (Å²) in [5, 5.41) is 1.10. The summed E-state index contributed by atoms with van der Waals surface area (Å²) in [6.45, 7) is 4.78. The van der Waals surface area contributed by atoms with Gasteiger partial charge < -0.3 is 28.7 Å². The number of halogens is 2. The maximum atomic E-state index is 13.6. The van der Waals surface area contributed by atoms with Crippen molar-refractivity contribution in [2.45, 2.75) is 23.9 Å². The summed E-state index contributed by atoms with van der Waals surface area (Å²) in [5.41, 5.74) is 2.71. The second-order valence-corrected chi connectivity index (χ2v) is 12.7. The van der Waals surface area contributed by atoms with Gasteiger partial charge in [-0.3, -0.25) is 9.59 Å². The van der Waals surface area contributed by atoms with E-state index in [-0.39, 0.29) is 30.2 Å². The summed E-state index contributed by atoms with van der Waals surface area (Å²) in [5.74, 6) is 0.612. The number of aromatic nitrogens is 4. The summed E-state index contributed by atoms with van der Waals surface area (Å²) in [4.78, 5) is 46.4. The van der Waals surface area contributed by atoms with Gasteiger partial charge in [0.1, 0.15) is 12.4 Å². The standard InChI is InChI=1S/C34H39ClFN7O4S/c1-46-17-15-42(16-18-47-2)33-37-20-26(21-38-33)19-27-22-43(34(39-32(27)45)48-24-25-3-7-29(36)8-4-25)23-31(44)41-13-11-40(12-14-41)30-9-5-28(35)6-10-30/h3-10,20-22H,11-19,23-24H2,1-2H3. The number of anilines is 2. The monoisotopic (exact) mass is 695 g/mol. The van der Waals surface area contributed by atoms with E-state index in [4.69, 9.17) is 21.1 Å². The van der Waals surface area contributed by atoms with Crippen LogP contribution in [0.25, 0.3) is 0 Å². The highest BCUT2D eigenvalue weighted by atomic mass is 35.5.